The standard InChI is InChI=1S/C12H17N3O/c1-10-2-5-13-11(14-10)15-6-3-12(8-15)4-7-16-9-12/h2,5H,3-4,6-9H2,1H3. The van der Waals surface area contributed by atoms with Gasteiger partial charge in [-0.2, -0.15) is 0 Å². The summed E-state index contributed by atoms with van der Waals surface area (Å²) in [7, 11) is 0. The van der Waals surface area contributed by atoms with Crippen molar-refractivity contribution in [2.24, 2.45) is 5.41 Å². The van der Waals surface area contributed by atoms with Gasteiger partial charge < -0.3 is 9.64 Å². The number of aromatic nitrogens is 2. The van der Waals surface area contributed by atoms with Crippen LogP contribution in [0.25, 0.3) is 0 Å². The largest absolute Gasteiger partial charge is 0.381 e. The number of hydrogen-bond donors (Lipinski definition) is 0. The molecule has 4 heteroatoms. The van der Waals surface area contributed by atoms with Gasteiger partial charge in [-0.25, -0.2) is 9.97 Å². The van der Waals surface area contributed by atoms with Crippen LogP contribution in [0, 0.1) is 12.3 Å². The molecule has 3 heterocycles. The van der Waals surface area contributed by atoms with Crippen molar-refractivity contribution >= 4 is 5.95 Å². The molecule has 0 saturated carbocycles. The van der Waals surface area contributed by atoms with E-state index < -0.39 is 0 Å². The van der Waals surface area contributed by atoms with Gasteiger partial charge >= 0.3 is 0 Å². The number of ether oxygens (including phenoxy) is 1. The highest BCUT2D eigenvalue weighted by Crippen LogP contribution is 2.39. The molecule has 2 aliphatic rings. The molecule has 0 N–H and O–H groups in total. The molecule has 2 fully saturated rings. The number of nitrogens with zero attached hydrogens (tertiary/aromatic N) is 3. The number of rotatable bonds is 1. The first-order valence-electron chi connectivity index (χ1n) is 5.90. The quantitative estimate of drug-likeness (QED) is 0.715. The summed E-state index contributed by atoms with van der Waals surface area (Å²) in [5, 5.41) is 0. The van der Waals surface area contributed by atoms with E-state index in [1.54, 1.807) is 0 Å². The third kappa shape index (κ3) is 1.67. The van der Waals surface area contributed by atoms with E-state index in [4.69, 9.17) is 4.74 Å². The molecule has 1 atom stereocenters. The Balaban J connectivity index is 1.78. The van der Waals surface area contributed by atoms with Crippen molar-refractivity contribution in [1.29, 1.82) is 0 Å². The van der Waals surface area contributed by atoms with E-state index in [9.17, 15) is 0 Å². The maximum Gasteiger partial charge on any atom is 0.225 e. The average Bonchev–Trinajstić information content (AvgIpc) is 2.90. The van der Waals surface area contributed by atoms with Gasteiger partial charge in [-0.1, -0.05) is 0 Å². The highest BCUT2D eigenvalue weighted by molar-refractivity contribution is 5.33. The molecular formula is C12H17N3O. The van der Waals surface area contributed by atoms with Crippen molar-refractivity contribution in [3.63, 3.8) is 0 Å². The Bertz CT molecular complexity index is 388. The minimum atomic E-state index is 0.382. The van der Waals surface area contributed by atoms with Crippen molar-refractivity contribution in [1.82, 2.24) is 9.97 Å². The second kappa shape index (κ2) is 3.70. The fourth-order valence-electron chi connectivity index (χ4n) is 2.67. The SMILES string of the molecule is Cc1ccnc(N2CCC3(CCOC3)C2)n1. The lowest BCUT2D eigenvalue weighted by Crippen LogP contribution is -2.28. The van der Waals surface area contributed by atoms with Crippen LogP contribution < -0.4 is 4.90 Å². The molecule has 3 rings (SSSR count). The molecule has 2 aliphatic heterocycles. The molecule has 0 aliphatic carbocycles. The zero-order chi connectivity index (χ0) is 11.0. The fourth-order valence-corrected chi connectivity index (χ4v) is 2.67. The normalized spacial score (nSPS) is 29.2. The average molecular weight is 219 g/mol. The van der Waals surface area contributed by atoms with Gasteiger partial charge in [0.25, 0.3) is 0 Å². The van der Waals surface area contributed by atoms with Gasteiger partial charge in [0.15, 0.2) is 0 Å². The molecule has 2 saturated heterocycles. The fraction of sp³-hybridized carbons (Fsp3) is 0.667. The molecule has 1 spiro atoms. The lowest BCUT2D eigenvalue weighted by molar-refractivity contribution is 0.160. The summed E-state index contributed by atoms with van der Waals surface area (Å²) < 4.78 is 5.52. The van der Waals surface area contributed by atoms with Crippen LogP contribution in [0.3, 0.4) is 0 Å². The first-order chi connectivity index (χ1) is 7.77. The second-order valence-electron chi connectivity index (χ2n) is 4.97. The van der Waals surface area contributed by atoms with Gasteiger partial charge in [0.05, 0.1) is 6.61 Å². The Morgan fingerprint density at radius 3 is 3.12 bits per heavy atom. The topological polar surface area (TPSA) is 38.2 Å². The first-order valence-corrected chi connectivity index (χ1v) is 5.90. The second-order valence-corrected chi connectivity index (χ2v) is 4.97. The highest BCUT2D eigenvalue weighted by Gasteiger charge is 2.41. The zero-order valence-electron chi connectivity index (χ0n) is 9.65. The van der Waals surface area contributed by atoms with Crippen LogP contribution in [-0.4, -0.2) is 36.3 Å². The van der Waals surface area contributed by atoms with Gasteiger partial charge in [0, 0.05) is 37.0 Å². The minimum Gasteiger partial charge on any atom is -0.381 e. The molecule has 1 aromatic rings. The van der Waals surface area contributed by atoms with Crippen LogP contribution in [0.1, 0.15) is 18.5 Å². The summed E-state index contributed by atoms with van der Waals surface area (Å²) >= 11 is 0. The molecule has 0 bridgehead atoms. The van der Waals surface area contributed by atoms with E-state index >= 15 is 0 Å². The Morgan fingerprint density at radius 1 is 1.44 bits per heavy atom. The van der Waals surface area contributed by atoms with Gasteiger partial charge in [0.2, 0.25) is 5.95 Å². The molecule has 16 heavy (non-hydrogen) atoms. The van der Waals surface area contributed by atoms with Crippen molar-refractivity contribution in [3.05, 3.63) is 18.0 Å². The van der Waals surface area contributed by atoms with E-state index in [-0.39, 0.29) is 0 Å². The summed E-state index contributed by atoms with van der Waals surface area (Å²) in [5.74, 6) is 0.878. The summed E-state index contributed by atoms with van der Waals surface area (Å²) in [6.07, 6.45) is 4.24. The van der Waals surface area contributed by atoms with Gasteiger partial charge in [-0.3, -0.25) is 0 Å². The van der Waals surface area contributed by atoms with Gasteiger partial charge in [0.1, 0.15) is 0 Å². The molecule has 1 aromatic heterocycles. The van der Waals surface area contributed by atoms with Crippen LogP contribution in [0.2, 0.25) is 0 Å². The Morgan fingerprint density at radius 2 is 2.38 bits per heavy atom. The molecular weight excluding hydrogens is 202 g/mol. The van der Waals surface area contributed by atoms with Crippen LogP contribution >= 0.6 is 0 Å². The number of anilines is 1. The Labute approximate surface area is 95.7 Å². The Hall–Kier alpha value is -1.16. The third-order valence-corrected chi connectivity index (χ3v) is 3.69. The smallest absolute Gasteiger partial charge is 0.225 e. The van der Waals surface area contributed by atoms with E-state index in [1.165, 1.54) is 12.8 Å². The van der Waals surface area contributed by atoms with Gasteiger partial charge in [-0.05, 0) is 25.8 Å². The van der Waals surface area contributed by atoms with Gasteiger partial charge in [-0.15, -0.1) is 0 Å². The van der Waals surface area contributed by atoms with E-state index in [1.807, 2.05) is 19.2 Å². The molecule has 0 radical (unpaired) electrons. The third-order valence-electron chi connectivity index (χ3n) is 3.69. The number of hydrogen-bond acceptors (Lipinski definition) is 4. The first kappa shape index (κ1) is 10.0. The predicted octanol–water partition coefficient (Wildman–Crippen LogP) is 1.40. The van der Waals surface area contributed by atoms with Crippen molar-refractivity contribution in [3.8, 4) is 0 Å². The van der Waals surface area contributed by atoms with Crippen molar-refractivity contribution < 1.29 is 4.74 Å². The summed E-state index contributed by atoms with van der Waals surface area (Å²) in [5.41, 5.74) is 1.42. The van der Waals surface area contributed by atoms with E-state index in [0.717, 1.165) is 37.9 Å². The Kier molecular flexibility index (Phi) is 2.32. The van der Waals surface area contributed by atoms with Crippen LogP contribution in [0.5, 0.6) is 0 Å². The van der Waals surface area contributed by atoms with Crippen LogP contribution in [0.15, 0.2) is 12.3 Å². The molecule has 0 amide bonds. The molecule has 1 unspecified atom stereocenters. The van der Waals surface area contributed by atoms with E-state index in [0.29, 0.717) is 5.41 Å². The molecule has 4 nitrogen and oxygen atoms in total. The number of aryl methyl sites for hydroxylation is 1. The predicted molar refractivity (Wildman–Crippen MR) is 61.5 cm³/mol. The molecule has 86 valence electrons. The highest BCUT2D eigenvalue weighted by atomic mass is 16.5. The lowest BCUT2D eigenvalue weighted by Gasteiger charge is -2.21. The monoisotopic (exact) mass is 219 g/mol. The maximum absolute atomic E-state index is 5.52. The lowest BCUT2D eigenvalue weighted by atomic mass is 9.87. The summed E-state index contributed by atoms with van der Waals surface area (Å²) in [4.78, 5) is 11.1. The van der Waals surface area contributed by atoms with Crippen molar-refractivity contribution in [2.45, 2.75) is 19.8 Å². The minimum absolute atomic E-state index is 0.382. The summed E-state index contributed by atoms with van der Waals surface area (Å²) in [6, 6.07) is 1.94. The van der Waals surface area contributed by atoms with Crippen LogP contribution in [-0.2, 0) is 4.74 Å². The van der Waals surface area contributed by atoms with Crippen LogP contribution in [0.4, 0.5) is 5.95 Å². The maximum atomic E-state index is 5.52. The zero-order valence-corrected chi connectivity index (χ0v) is 9.65. The van der Waals surface area contributed by atoms with Crippen molar-refractivity contribution in [2.75, 3.05) is 31.2 Å². The molecule has 0 aromatic carbocycles. The van der Waals surface area contributed by atoms with E-state index in [2.05, 4.69) is 14.9 Å². The summed E-state index contributed by atoms with van der Waals surface area (Å²) in [6.45, 7) is 5.96.